The molecule has 23 heavy (non-hydrogen) atoms. The zero-order chi connectivity index (χ0) is 18.5. The van der Waals surface area contributed by atoms with Gasteiger partial charge in [-0.2, -0.15) is 0 Å². The monoisotopic (exact) mass is 2920 g/mol. The maximum atomic E-state index is 3.21. The summed E-state index contributed by atoms with van der Waals surface area (Å²) in [7, 11) is -4.05. The molecule has 0 rings (SSSR count). The quantitative estimate of drug-likeness (QED) is 0.191. The average Bonchev–Trinajstić information content (AvgIpc) is 2.55. The summed E-state index contributed by atoms with van der Waals surface area (Å²) < 4.78 is 0. The molecule has 0 heterocycles. The number of halogens is 23. The third-order valence-corrected chi connectivity index (χ3v) is 1570. The maximum absolute atomic E-state index is 3.21. The van der Waals surface area contributed by atoms with Crippen molar-refractivity contribution in [3.05, 3.63) is 0 Å². The summed E-state index contributed by atoms with van der Waals surface area (Å²) in [5.41, 5.74) is 0. The van der Waals surface area contributed by atoms with E-state index >= 15 is 0 Å². The molecule has 0 fully saturated rings. The average molecular weight is 2920 g/mol. The molecule has 0 aromatic carbocycles. The molecular formula is I23-. The van der Waals surface area contributed by atoms with Crippen LogP contribution < -0.4 is 13.3 Å². The van der Waals surface area contributed by atoms with E-state index in [4.69, 9.17) is 0 Å². The summed E-state index contributed by atoms with van der Waals surface area (Å²) in [4.78, 5) is 0. The van der Waals surface area contributed by atoms with Gasteiger partial charge in [0.2, 0.25) is 0 Å². The number of rotatable bonds is 10. The molecule has 23 heteroatoms. The fraction of sp³-hybridized carbons (Fsp3) is 0. The van der Waals surface area contributed by atoms with E-state index in [0.29, 0.717) is 13.3 Å². The Morgan fingerprint density at radius 2 is 0.652 bits per heavy atom. The van der Waals surface area contributed by atoms with Crippen molar-refractivity contribution in [1.82, 2.24) is 0 Å². The first-order valence-electron chi connectivity index (χ1n) is 3.14. The van der Waals surface area contributed by atoms with Gasteiger partial charge in [-0.15, -0.1) is 0 Å². The van der Waals surface area contributed by atoms with Crippen molar-refractivity contribution in [2.24, 2.45) is 0 Å². The number of hydrogen-bond acceptors (Lipinski definition) is 0. The molecule has 0 aliphatic rings. The molecule has 0 atom stereocenters. The van der Waals surface area contributed by atoms with Crippen molar-refractivity contribution >= 4 is 302 Å². The third kappa shape index (κ3) is 17.5. The molecule has 0 nitrogen and oxygen atoms in total. The zero-order valence-electron chi connectivity index (χ0n) is 8.69. The molecule has 0 radical (unpaired) electrons. The zero-order valence-corrected chi connectivity index (χ0v) is 58.3. The van der Waals surface area contributed by atoms with E-state index in [1.807, 2.05) is 0 Å². The van der Waals surface area contributed by atoms with Gasteiger partial charge < -0.3 is 0 Å². The van der Waals surface area contributed by atoms with Crippen LogP contribution in [0.15, 0.2) is 0 Å². The molecule has 0 spiro atoms. The predicted octanol–water partition coefficient (Wildman–Crippen LogP) is 16.5. The Morgan fingerprint density at radius 3 is 0.913 bits per heavy atom. The van der Waals surface area contributed by atoms with Gasteiger partial charge in [-0.1, -0.05) is 0 Å². The van der Waals surface area contributed by atoms with Crippen LogP contribution in [0.3, 0.4) is 0 Å². The second-order valence-electron chi connectivity index (χ2n) is 1.67. The molecule has 0 unspecified atom stereocenters. The molecule has 0 saturated heterocycles. The topological polar surface area (TPSA) is 0 Å². The first kappa shape index (κ1) is 39.8. The van der Waals surface area contributed by atoms with Crippen LogP contribution in [-0.4, -0.2) is 0 Å². The molecule has 0 aromatic rings. The van der Waals surface area contributed by atoms with Crippen LogP contribution in [0.5, 0.6) is 0 Å². The Hall–Kier alpha value is 16.8. The molecule has 0 bridgehead atoms. The minimum absolute atomic E-state index is 0.339. The van der Waals surface area contributed by atoms with Crippen molar-refractivity contribution < 1.29 is 13.3 Å². The van der Waals surface area contributed by atoms with E-state index in [-0.39, 0.29) is 15.8 Å². The van der Waals surface area contributed by atoms with Crippen LogP contribution in [0.4, 0.5) is 0 Å². The van der Waals surface area contributed by atoms with Crippen LogP contribution in [0.2, 0.25) is 0 Å². The van der Waals surface area contributed by atoms with Crippen LogP contribution in [0.25, 0.3) is 0 Å². The summed E-state index contributed by atoms with van der Waals surface area (Å²) in [5.74, 6) is 0. The second-order valence-corrected chi connectivity index (χ2v) is 505. The first-order valence-corrected chi connectivity index (χ1v) is 141. The summed E-state index contributed by atoms with van der Waals surface area (Å²) >= 11 is 37.6. The van der Waals surface area contributed by atoms with E-state index in [1.54, 1.807) is 0 Å². The van der Waals surface area contributed by atoms with Gasteiger partial charge in [0.15, 0.2) is 0 Å². The molecule has 0 aliphatic carbocycles. The van der Waals surface area contributed by atoms with Crippen molar-refractivity contribution in [1.29, 1.82) is 0 Å². The van der Waals surface area contributed by atoms with Crippen LogP contribution in [0.1, 0.15) is 0 Å². The Kier molecular flexibility index (Phi) is 42.0. The van der Waals surface area contributed by atoms with Gasteiger partial charge in [-0.3, -0.25) is 0 Å². The summed E-state index contributed by atoms with van der Waals surface area (Å²) in [5, 5.41) is 0. The molecule has 0 aromatic heterocycles. The number of hydrogen-bond donors (Lipinski definition) is 0. The Labute approximate surface area is 298 Å². The third-order valence-electron chi connectivity index (χ3n) is 0.776. The minimum atomic E-state index is -0.448. The molecule has 0 amide bonds. The summed E-state index contributed by atoms with van der Waals surface area (Å²) in [6, 6.07) is 0. The Bertz CT molecular complexity index is 305. The molecule has 0 saturated carbocycles. The van der Waals surface area contributed by atoms with Gasteiger partial charge in [0.1, 0.15) is 0 Å². The standard InChI is InChI=1S/I23/c1-13-15(4)17(6)19(8)21(10)23(12)22(11)20(9)18(7)16(5)14(2)3/q-1. The second kappa shape index (κ2) is 24.3. The van der Waals surface area contributed by atoms with Gasteiger partial charge in [0.25, 0.3) is 0 Å². The van der Waals surface area contributed by atoms with E-state index in [2.05, 4.69) is 223 Å². The fourth-order valence-electron chi connectivity index (χ4n) is 0.262. The summed E-state index contributed by atoms with van der Waals surface area (Å²) in [6.07, 6.45) is 0. The van der Waals surface area contributed by atoms with Gasteiger partial charge in [0, 0.05) is 0 Å². The van der Waals surface area contributed by atoms with Crippen molar-refractivity contribution in [2.75, 3.05) is 0 Å². The SMILES string of the molecule is I[I-]I(I)I(I)I(I)I(I)I(I)I(I)I(I)I(I)I(I)I(I)I. The Balaban J connectivity index is 4.89. The van der Waals surface area contributed by atoms with Gasteiger partial charge in [0.05, 0.1) is 0 Å². The van der Waals surface area contributed by atoms with Crippen molar-refractivity contribution in [3.8, 4) is 0 Å². The molecular weight excluding hydrogens is 2920 g/mol. The van der Waals surface area contributed by atoms with E-state index in [9.17, 15) is 0 Å². The van der Waals surface area contributed by atoms with Crippen molar-refractivity contribution in [2.45, 2.75) is 0 Å². The van der Waals surface area contributed by atoms with E-state index < -0.39 is 63.2 Å². The molecule has 0 aliphatic heterocycles. The van der Waals surface area contributed by atoms with Gasteiger partial charge in [-0.25, -0.2) is 0 Å². The Morgan fingerprint density at radius 1 is 0.391 bits per heavy atom. The molecule has 0 N–H and O–H groups in total. The predicted molar refractivity (Wildman–Crippen MR) is 308 cm³/mol. The van der Waals surface area contributed by atoms with Crippen LogP contribution in [-0.2, 0) is 0 Å². The van der Waals surface area contributed by atoms with E-state index in [0.717, 1.165) is 0 Å². The fourth-order valence-corrected chi connectivity index (χ4v) is 3560. The van der Waals surface area contributed by atoms with Gasteiger partial charge in [-0.05, 0) is 0 Å². The van der Waals surface area contributed by atoms with E-state index in [1.165, 1.54) is 0 Å². The summed E-state index contributed by atoms with van der Waals surface area (Å²) in [6.45, 7) is 0. The molecule has 162 valence electrons. The van der Waals surface area contributed by atoms with Crippen molar-refractivity contribution in [3.63, 3.8) is 0 Å². The first-order chi connectivity index (χ1) is 10.5. The van der Waals surface area contributed by atoms with Crippen LogP contribution in [0, 0.1) is 0 Å². The van der Waals surface area contributed by atoms with Gasteiger partial charge >= 0.3 is 316 Å². The normalized spacial score (nSPS) is 17.9. The van der Waals surface area contributed by atoms with Crippen LogP contribution >= 0.6 is 302 Å².